The van der Waals surface area contributed by atoms with Crippen molar-refractivity contribution < 1.29 is 13.2 Å². The summed E-state index contributed by atoms with van der Waals surface area (Å²) in [7, 11) is -3.53. The molecule has 1 atom stereocenters. The van der Waals surface area contributed by atoms with E-state index < -0.39 is 10.0 Å². The molecule has 0 bridgehead atoms. The smallest absolute Gasteiger partial charge is 0.240 e. The SMILES string of the molecule is CC(C)NS(=O)(=O)c1ccc(NC(=O)C(C)Sc2ccccc2)cc1. The molecule has 7 heteroatoms. The molecule has 1 amide bonds. The lowest BCUT2D eigenvalue weighted by atomic mass is 10.3. The maximum absolute atomic E-state index is 12.3. The molecule has 0 aliphatic rings. The van der Waals surface area contributed by atoms with Crippen LogP contribution in [0.1, 0.15) is 20.8 Å². The number of hydrogen-bond acceptors (Lipinski definition) is 4. The molecule has 0 aliphatic heterocycles. The second kappa shape index (κ2) is 8.51. The average Bonchev–Trinajstić information content (AvgIpc) is 2.55. The lowest BCUT2D eigenvalue weighted by Crippen LogP contribution is -2.30. The number of nitrogens with one attached hydrogen (secondary N) is 2. The Bertz CT molecular complexity index is 804. The Morgan fingerprint density at radius 3 is 2.12 bits per heavy atom. The highest BCUT2D eigenvalue weighted by Crippen LogP contribution is 2.24. The summed E-state index contributed by atoms with van der Waals surface area (Å²) in [6.45, 7) is 5.36. The summed E-state index contributed by atoms with van der Waals surface area (Å²) >= 11 is 1.47. The Labute approximate surface area is 153 Å². The number of thioether (sulfide) groups is 1. The van der Waals surface area contributed by atoms with Crippen molar-refractivity contribution in [2.24, 2.45) is 0 Å². The van der Waals surface area contributed by atoms with Crippen molar-refractivity contribution in [2.75, 3.05) is 5.32 Å². The number of carbonyl (C=O) groups is 1. The first kappa shape index (κ1) is 19.5. The number of hydrogen-bond donors (Lipinski definition) is 2. The van der Waals surface area contributed by atoms with Crippen molar-refractivity contribution in [1.82, 2.24) is 4.72 Å². The minimum absolute atomic E-state index is 0.134. The van der Waals surface area contributed by atoms with Crippen LogP contribution >= 0.6 is 11.8 Å². The highest BCUT2D eigenvalue weighted by Gasteiger charge is 2.17. The summed E-state index contributed by atoms with van der Waals surface area (Å²) in [6.07, 6.45) is 0. The van der Waals surface area contributed by atoms with E-state index in [1.165, 1.54) is 23.9 Å². The topological polar surface area (TPSA) is 75.3 Å². The van der Waals surface area contributed by atoms with Crippen LogP contribution in [0.3, 0.4) is 0 Å². The molecule has 0 spiro atoms. The molecule has 2 aromatic rings. The standard InChI is InChI=1S/C18H22N2O3S2/c1-13(2)20-25(22,23)17-11-9-15(10-12-17)19-18(21)14(3)24-16-7-5-4-6-8-16/h4-14,20H,1-3H3,(H,19,21). The van der Waals surface area contributed by atoms with Gasteiger partial charge in [0.25, 0.3) is 0 Å². The van der Waals surface area contributed by atoms with E-state index in [9.17, 15) is 13.2 Å². The number of benzene rings is 2. The Hall–Kier alpha value is -1.83. The Morgan fingerprint density at radius 1 is 0.960 bits per heavy atom. The van der Waals surface area contributed by atoms with Crippen molar-refractivity contribution in [3.05, 3.63) is 54.6 Å². The number of anilines is 1. The van der Waals surface area contributed by atoms with E-state index in [1.54, 1.807) is 26.0 Å². The van der Waals surface area contributed by atoms with E-state index in [-0.39, 0.29) is 22.1 Å². The maximum atomic E-state index is 12.3. The van der Waals surface area contributed by atoms with E-state index in [0.717, 1.165) is 4.90 Å². The maximum Gasteiger partial charge on any atom is 0.240 e. The summed E-state index contributed by atoms with van der Waals surface area (Å²) in [6, 6.07) is 15.7. The Kier molecular flexibility index (Phi) is 6.64. The molecule has 5 nitrogen and oxygen atoms in total. The van der Waals surface area contributed by atoms with Gasteiger partial charge in [-0.3, -0.25) is 4.79 Å². The largest absolute Gasteiger partial charge is 0.325 e. The minimum Gasteiger partial charge on any atom is -0.325 e. The summed E-state index contributed by atoms with van der Waals surface area (Å²) in [5.41, 5.74) is 0.564. The molecular formula is C18H22N2O3S2. The van der Waals surface area contributed by atoms with Crippen LogP contribution in [0, 0.1) is 0 Å². The van der Waals surface area contributed by atoms with E-state index in [0.29, 0.717) is 5.69 Å². The zero-order chi connectivity index (χ0) is 18.4. The third-order valence-corrected chi connectivity index (χ3v) is 6.03. The predicted molar refractivity (Wildman–Crippen MR) is 102 cm³/mol. The quantitative estimate of drug-likeness (QED) is 0.723. The van der Waals surface area contributed by atoms with Gasteiger partial charge in [0, 0.05) is 16.6 Å². The highest BCUT2D eigenvalue weighted by molar-refractivity contribution is 8.00. The first-order valence-electron chi connectivity index (χ1n) is 7.93. The monoisotopic (exact) mass is 378 g/mol. The van der Waals surface area contributed by atoms with E-state index in [1.807, 2.05) is 37.3 Å². The molecule has 2 N–H and O–H groups in total. The van der Waals surface area contributed by atoms with Gasteiger partial charge in [0.15, 0.2) is 0 Å². The van der Waals surface area contributed by atoms with E-state index >= 15 is 0 Å². The molecule has 0 aliphatic carbocycles. The third kappa shape index (κ3) is 5.88. The van der Waals surface area contributed by atoms with Crippen molar-refractivity contribution in [2.45, 2.75) is 41.9 Å². The minimum atomic E-state index is -3.53. The molecule has 134 valence electrons. The van der Waals surface area contributed by atoms with Crippen LogP contribution in [0.2, 0.25) is 0 Å². The molecule has 0 fully saturated rings. The Morgan fingerprint density at radius 2 is 1.56 bits per heavy atom. The fraction of sp³-hybridized carbons (Fsp3) is 0.278. The van der Waals surface area contributed by atoms with Crippen LogP contribution in [0.25, 0.3) is 0 Å². The number of sulfonamides is 1. The van der Waals surface area contributed by atoms with Crippen LogP contribution < -0.4 is 10.0 Å². The fourth-order valence-corrected chi connectivity index (χ4v) is 4.24. The van der Waals surface area contributed by atoms with Crippen LogP contribution in [-0.4, -0.2) is 25.6 Å². The van der Waals surface area contributed by atoms with Crippen LogP contribution in [-0.2, 0) is 14.8 Å². The van der Waals surface area contributed by atoms with E-state index in [4.69, 9.17) is 0 Å². The number of amides is 1. The molecular weight excluding hydrogens is 356 g/mol. The van der Waals surface area contributed by atoms with Crippen LogP contribution in [0.4, 0.5) is 5.69 Å². The number of rotatable bonds is 7. The fourth-order valence-electron chi connectivity index (χ4n) is 2.10. The molecule has 0 radical (unpaired) electrons. The van der Waals surface area contributed by atoms with Crippen molar-refractivity contribution >= 4 is 33.4 Å². The van der Waals surface area contributed by atoms with Gasteiger partial charge >= 0.3 is 0 Å². The lowest BCUT2D eigenvalue weighted by molar-refractivity contribution is -0.115. The van der Waals surface area contributed by atoms with Crippen molar-refractivity contribution in [3.63, 3.8) is 0 Å². The molecule has 0 heterocycles. The molecule has 0 aromatic heterocycles. The summed E-state index contributed by atoms with van der Waals surface area (Å²) < 4.78 is 26.7. The Balaban J connectivity index is 1.99. The van der Waals surface area contributed by atoms with Gasteiger partial charge in [-0.2, -0.15) is 0 Å². The van der Waals surface area contributed by atoms with Crippen LogP contribution in [0.5, 0.6) is 0 Å². The highest BCUT2D eigenvalue weighted by atomic mass is 32.2. The second-order valence-electron chi connectivity index (χ2n) is 5.86. The van der Waals surface area contributed by atoms with Gasteiger partial charge in [-0.25, -0.2) is 13.1 Å². The number of carbonyl (C=O) groups excluding carboxylic acids is 1. The van der Waals surface area contributed by atoms with Gasteiger partial charge < -0.3 is 5.32 Å². The van der Waals surface area contributed by atoms with Crippen molar-refractivity contribution in [1.29, 1.82) is 0 Å². The summed E-state index contributed by atoms with van der Waals surface area (Å²) in [4.78, 5) is 13.5. The molecule has 2 rings (SSSR count). The molecule has 1 unspecified atom stereocenters. The lowest BCUT2D eigenvalue weighted by Gasteiger charge is -2.13. The molecule has 2 aromatic carbocycles. The zero-order valence-electron chi connectivity index (χ0n) is 14.4. The second-order valence-corrected chi connectivity index (χ2v) is 8.99. The van der Waals surface area contributed by atoms with Gasteiger partial charge in [-0.05, 0) is 57.2 Å². The normalized spacial score (nSPS) is 12.8. The van der Waals surface area contributed by atoms with Gasteiger partial charge in [-0.15, -0.1) is 11.8 Å². The van der Waals surface area contributed by atoms with E-state index in [2.05, 4.69) is 10.0 Å². The summed E-state index contributed by atoms with van der Waals surface area (Å²) in [5.74, 6) is -0.134. The van der Waals surface area contributed by atoms with Crippen LogP contribution in [0.15, 0.2) is 64.4 Å². The first-order valence-corrected chi connectivity index (χ1v) is 10.3. The third-order valence-electron chi connectivity index (χ3n) is 3.25. The zero-order valence-corrected chi connectivity index (χ0v) is 16.0. The molecule has 0 saturated carbocycles. The van der Waals surface area contributed by atoms with Gasteiger partial charge in [0.05, 0.1) is 10.1 Å². The molecule has 0 saturated heterocycles. The van der Waals surface area contributed by atoms with Gasteiger partial charge in [0.2, 0.25) is 15.9 Å². The van der Waals surface area contributed by atoms with Gasteiger partial charge in [-0.1, -0.05) is 18.2 Å². The first-order chi connectivity index (χ1) is 11.8. The van der Waals surface area contributed by atoms with Crippen molar-refractivity contribution in [3.8, 4) is 0 Å². The predicted octanol–water partition coefficient (Wildman–Crippen LogP) is 3.49. The van der Waals surface area contributed by atoms with Gasteiger partial charge in [0.1, 0.15) is 0 Å². The average molecular weight is 379 g/mol. The molecule has 25 heavy (non-hydrogen) atoms. The summed E-state index contributed by atoms with van der Waals surface area (Å²) in [5, 5.41) is 2.54.